The van der Waals surface area contributed by atoms with Crippen molar-refractivity contribution in [1.82, 2.24) is 14.8 Å². The van der Waals surface area contributed by atoms with Crippen molar-refractivity contribution in [3.8, 4) is 27.5 Å². The van der Waals surface area contributed by atoms with Crippen molar-refractivity contribution in [3.05, 3.63) is 108 Å². The van der Waals surface area contributed by atoms with E-state index in [2.05, 4.69) is 15.4 Å². The van der Waals surface area contributed by atoms with Gasteiger partial charge in [0, 0.05) is 11.3 Å². The lowest BCUT2D eigenvalue weighted by Gasteiger charge is -2.11. The zero-order valence-corrected chi connectivity index (χ0v) is 19.6. The zero-order chi connectivity index (χ0) is 24.9. The standard InChI is InChI=1S/C27H19FN4O3S/c28-19-12-14-20(15-13-19)32-26(23-11-6-16-36-23)30-25(31-32)27(34)35-17-24(33)29-22-10-5-4-9-21(22)18-7-2-1-3-8-18/h1-16H,17H2,(H,29,33). The number of ether oxygens (including phenoxy) is 1. The first-order chi connectivity index (χ1) is 17.6. The van der Waals surface area contributed by atoms with Crippen LogP contribution < -0.4 is 5.32 Å². The van der Waals surface area contributed by atoms with Crippen LogP contribution in [0.2, 0.25) is 0 Å². The Kier molecular flexibility index (Phi) is 6.63. The van der Waals surface area contributed by atoms with Crippen molar-refractivity contribution in [2.24, 2.45) is 0 Å². The monoisotopic (exact) mass is 498 g/mol. The molecule has 0 spiro atoms. The van der Waals surface area contributed by atoms with Gasteiger partial charge in [0.25, 0.3) is 11.7 Å². The van der Waals surface area contributed by atoms with Crippen molar-refractivity contribution in [1.29, 1.82) is 0 Å². The van der Waals surface area contributed by atoms with Crippen molar-refractivity contribution in [2.75, 3.05) is 11.9 Å². The fourth-order valence-electron chi connectivity index (χ4n) is 3.57. The van der Waals surface area contributed by atoms with E-state index < -0.39 is 24.3 Å². The number of benzene rings is 3. The third kappa shape index (κ3) is 5.06. The summed E-state index contributed by atoms with van der Waals surface area (Å²) >= 11 is 1.42. The minimum atomic E-state index is -0.847. The maximum atomic E-state index is 13.4. The van der Waals surface area contributed by atoms with Gasteiger partial charge < -0.3 is 10.1 Å². The quantitative estimate of drug-likeness (QED) is 0.295. The number of hydrogen-bond acceptors (Lipinski definition) is 6. The molecule has 1 amide bonds. The van der Waals surface area contributed by atoms with Crippen molar-refractivity contribution in [2.45, 2.75) is 0 Å². The molecule has 0 radical (unpaired) electrons. The topological polar surface area (TPSA) is 86.1 Å². The number of hydrogen-bond donors (Lipinski definition) is 1. The maximum Gasteiger partial charge on any atom is 0.378 e. The summed E-state index contributed by atoms with van der Waals surface area (Å²) in [6.45, 7) is -0.513. The largest absolute Gasteiger partial charge is 0.450 e. The molecule has 9 heteroatoms. The van der Waals surface area contributed by atoms with E-state index in [1.54, 1.807) is 6.07 Å². The lowest BCUT2D eigenvalue weighted by Crippen LogP contribution is -2.21. The Morgan fingerprint density at radius 2 is 1.67 bits per heavy atom. The summed E-state index contributed by atoms with van der Waals surface area (Å²) in [6, 6.07) is 26.3. The lowest BCUT2D eigenvalue weighted by atomic mass is 10.0. The van der Waals surface area contributed by atoms with E-state index in [-0.39, 0.29) is 5.82 Å². The number of rotatable bonds is 7. The normalized spacial score (nSPS) is 10.7. The number of para-hydroxylation sites is 1. The molecule has 178 valence electrons. The van der Waals surface area contributed by atoms with E-state index in [0.29, 0.717) is 17.2 Å². The Balaban J connectivity index is 1.31. The van der Waals surface area contributed by atoms with Crippen LogP contribution in [0.3, 0.4) is 0 Å². The van der Waals surface area contributed by atoms with Gasteiger partial charge >= 0.3 is 5.97 Å². The second kappa shape index (κ2) is 10.3. The molecule has 0 aliphatic carbocycles. The SMILES string of the molecule is O=C(COC(=O)c1nc(-c2cccs2)n(-c2ccc(F)cc2)n1)Nc1ccccc1-c1ccccc1. The van der Waals surface area contributed by atoms with Gasteiger partial charge in [0.05, 0.1) is 10.6 Å². The Labute approximate surface area is 209 Å². The summed E-state index contributed by atoms with van der Waals surface area (Å²) in [4.78, 5) is 30.4. The number of carbonyl (C=O) groups excluding carboxylic acids is 2. The van der Waals surface area contributed by atoms with Gasteiger partial charge in [-0.15, -0.1) is 16.4 Å². The molecule has 0 saturated heterocycles. The van der Waals surface area contributed by atoms with Gasteiger partial charge in [-0.2, -0.15) is 4.98 Å². The second-order valence-electron chi connectivity index (χ2n) is 7.66. The molecular formula is C27H19FN4O3S. The predicted molar refractivity (Wildman–Crippen MR) is 135 cm³/mol. The number of nitrogens with zero attached hydrogens (tertiary/aromatic N) is 3. The molecule has 0 saturated carbocycles. The number of halogens is 1. The molecule has 2 heterocycles. The van der Waals surface area contributed by atoms with Crippen LogP contribution in [0.4, 0.5) is 10.1 Å². The number of amides is 1. The second-order valence-corrected chi connectivity index (χ2v) is 8.61. The molecule has 1 N–H and O–H groups in total. The van der Waals surface area contributed by atoms with E-state index >= 15 is 0 Å². The number of aromatic nitrogens is 3. The van der Waals surface area contributed by atoms with Gasteiger partial charge in [0.2, 0.25) is 0 Å². The third-order valence-electron chi connectivity index (χ3n) is 5.22. The summed E-state index contributed by atoms with van der Waals surface area (Å²) in [5, 5.41) is 8.92. The van der Waals surface area contributed by atoms with E-state index in [1.807, 2.05) is 66.0 Å². The fourth-order valence-corrected chi connectivity index (χ4v) is 4.27. The van der Waals surface area contributed by atoms with Gasteiger partial charge in [0.15, 0.2) is 12.4 Å². The average Bonchev–Trinajstić information content (AvgIpc) is 3.59. The molecule has 2 aromatic heterocycles. The Morgan fingerprint density at radius 1 is 0.917 bits per heavy atom. The van der Waals surface area contributed by atoms with E-state index in [0.717, 1.165) is 16.0 Å². The van der Waals surface area contributed by atoms with Crippen LogP contribution in [0.25, 0.3) is 27.5 Å². The molecule has 0 bridgehead atoms. The van der Waals surface area contributed by atoms with Crippen LogP contribution in [-0.2, 0) is 9.53 Å². The highest BCUT2D eigenvalue weighted by Gasteiger charge is 2.21. The minimum Gasteiger partial charge on any atom is -0.450 e. The van der Waals surface area contributed by atoms with E-state index in [9.17, 15) is 14.0 Å². The van der Waals surface area contributed by atoms with Crippen LogP contribution in [0, 0.1) is 5.82 Å². The summed E-state index contributed by atoms with van der Waals surface area (Å²) in [7, 11) is 0. The summed E-state index contributed by atoms with van der Waals surface area (Å²) < 4.78 is 20.1. The van der Waals surface area contributed by atoms with Crippen molar-refractivity contribution in [3.63, 3.8) is 0 Å². The third-order valence-corrected chi connectivity index (χ3v) is 6.09. The summed E-state index contributed by atoms with van der Waals surface area (Å²) in [6.07, 6.45) is 0. The smallest absolute Gasteiger partial charge is 0.378 e. The average molecular weight is 499 g/mol. The Morgan fingerprint density at radius 3 is 2.42 bits per heavy atom. The van der Waals surface area contributed by atoms with Crippen LogP contribution in [0.5, 0.6) is 0 Å². The van der Waals surface area contributed by atoms with Crippen LogP contribution in [0.15, 0.2) is 96.4 Å². The first kappa shape index (κ1) is 23.1. The van der Waals surface area contributed by atoms with E-state index in [1.165, 1.54) is 40.3 Å². The molecule has 0 atom stereocenters. The lowest BCUT2D eigenvalue weighted by molar-refractivity contribution is -0.119. The molecule has 36 heavy (non-hydrogen) atoms. The number of esters is 1. The van der Waals surface area contributed by atoms with Crippen LogP contribution >= 0.6 is 11.3 Å². The molecule has 0 fully saturated rings. The van der Waals surface area contributed by atoms with Crippen LogP contribution in [-0.4, -0.2) is 33.2 Å². The first-order valence-electron chi connectivity index (χ1n) is 11.0. The fraction of sp³-hybridized carbons (Fsp3) is 0.0370. The van der Waals surface area contributed by atoms with Crippen LogP contribution in [0.1, 0.15) is 10.6 Å². The van der Waals surface area contributed by atoms with Gasteiger partial charge in [-0.3, -0.25) is 4.79 Å². The highest BCUT2D eigenvalue weighted by molar-refractivity contribution is 7.13. The molecule has 5 rings (SSSR count). The molecule has 7 nitrogen and oxygen atoms in total. The predicted octanol–water partition coefficient (Wildman–Crippen LogP) is 5.60. The number of anilines is 1. The van der Waals surface area contributed by atoms with Gasteiger partial charge in [-0.1, -0.05) is 54.6 Å². The van der Waals surface area contributed by atoms with E-state index in [4.69, 9.17) is 4.74 Å². The molecule has 5 aromatic rings. The van der Waals surface area contributed by atoms with Crippen molar-refractivity contribution >= 4 is 28.9 Å². The molecule has 0 aliphatic rings. The van der Waals surface area contributed by atoms with Gasteiger partial charge in [-0.25, -0.2) is 13.9 Å². The molecule has 3 aromatic carbocycles. The van der Waals surface area contributed by atoms with Crippen molar-refractivity contribution < 1.29 is 18.7 Å². The van der Waals surface area contributed by atoms with Gasteiger partial charge in [-0.05, 0) is 47.3 Å². The Hall–Kier alpha value is -4.63. The number of carbonyl (C=O) groups is 2. The minimum absolute atomic E-state index is 0.208. The molecule has 0 aliphatic heterocycles. The Bertz CT molecular complexity index is 1500. The molecular weight excluding hydrogens is 479 g/mol. The van der Waals surface area contributed by atoms with Gasteiger partial charge in [0.1, 0.15) is 5.82 Å². The first-order valence-corrected chi connectivity index (χ1v) is 11.8. The number of nitrogens with one attached hydrogen (secondary N) is 1. The maximum absolute atomic E-state index is 13.4. The zero-order valence-electron chi connectivity index (χ0n) is 18.8. The summed E-state index contributed by atoms with van der Waals surface area (Å²) in [5.74, 6) is -1.54. The number of thiophene rings is 1. The highest BCUT2D eigenvalue weighted by Crippen LogP contribution is 2.28. The summed E-state index contributed by atoms with van der Waals surface area (Å²) in [5.41, 5.74) is 2.92. The highest BCUT2D eigenvalue weighted by atomic mass is 32.1. The molecule has 0 unspecified atom stereocenters.